The molecule has 0 aromatic heterocycles. The van der Waals surface area contributed by atoms with E-state index in [9.17, 15) is 4.79 Å². The summed E-state index contributed by atoms with van der Waals surface area (Å²) in [6.07, 6.45) is 4.98. The Morgan fingerprint density at radius 2 is 2.36 bits per heavy atom. The summed E-state index contributed by atoms with van der Waals surface area (Å²) in [5, 5.41) is 0. The molecular formula is C7H11N3O. The van der Waals surface area contributed by atoms with Crippen LogP contribution in [-0.2, 0) is 0 Å². The zero-order valence-electron chi connectivity index (χ0n) is 6.40. The Morgan fingerprint density at radius 3 is 2.64 bits per heavy atom. The lowest BCUT2D eigenvalue weighted by Gasteiger charge is -2.23. The van der Waals surface area contributed by atoms with Gasteiger partial charge in [-0.15, -0.1) is 0 Å². The smallest absolute Gasteiger partial charge is 0.320 e. The molecule has 0 radical (unpaired) electrons. The van der Waals surface area contributed by atoms with Crippen LogP contribution in [0.1, 0.15) is 6.92 Å². The highest BCUT2D eigenvalue weighted by molar-refractivity contribution is 5.73. The van der Waals surface area contributed by atoms with Gasteiger partial charge in [0.15, 0.2) is 0 Å². The maximum atomic E-state index is 10.7. The minimum atomic E-state index is -0.446. The number of amides is 2. The fraction of sp³-hybridized carbons (Fsp3) is 0.286. The molecule has 0 aromatic carbocycles. The molecule has 4 nitrogen and oxygen atoms in total. The van der Waals surface area contributed by atoms with Crippen molar-refractivity contribution in [3.8, 4) is 0 Å². The van der Waals surface area contributed by atoms with Crippen LogP contribution in [-0.4, -0.2) is 22.0 Å². The van der Waals surface area contributed by atoms with Gasteiger partial charge in [-0.2, -0.15) is 0 Å². The van der Waals surface area contributed by atoms with E-state index in [1.165, 1.54) is 4.90 Å². The van der Waals surface area contributed by atoms with Crippen LogP contribution < -0.4 is 5.73 Å². The third kappa shape index (κ3) is 1.19. The first kappa shape index (κ1) is 7.65. The largest absolute Gasteiger partial charge is 0.351 e. The molecule has 1 aliphatic heterocycles. The fourth-order valence-electron chi connectivity index (χ4n) is 1.01. The van der Waals surface area contributed by atoms with Gasteiger partial charge in [0.05, 0.1) is 0 Å². The van der Waals surface area contributed by atoms with E-state index in [4.69, 9.17) is 5.73 Å². The second-order valence-corrected chi connectivity index (χ2v) is 2.31. The van der Waals surface area contributed by atoms with Crippen molar-refractivity contribution in [2.75, 3.05) is 0 Å². The van der Waals surface area contributed by atoms with Gasteiger partial charge >= 0.3 is 6.03 Å². The quantitative estimate of drug-likeness (QED) is 0.601. The molecule has 0 bridgehead atoms. The second-order valence-electron chi connectivity index (χ2n) is 2.31. The number of nitrogens with two attached hydrogens (primary N) is 1. The summed E-state index contributed by atoms with van der Waals surface area (Å²) < 4.78 is 0. The highest BCUT2D eigenvalue weighted by atomic mass is 16.2. The second kappa shape index (κ2) is 2.65. The average Bonchev–Trinajstić information content (AvgIpc) is 2.30. The number of urea groups is 1. The summed E-state index contributed by atoms with van der Waals surface area (Å²) in [5.74, 6) is 0. The first-order valence-electron chi connectivity index (χ1n) is 3.33. The number of rotatable bonds is 1. The van der Waals surface area contributed by atoms with Crippen LogP contribution in [0.5, 0.6) is 0 Å². The fourth-order valence-corrected chi connectivity index (χ4v) is 1.01. The molecule has 0 fully saturated rings. The molecular weight excluding hydrogens is 142 g/mol. The van der Waals surface area contributed by atoms with Crippen LogP contribution in [0.4, 0.5) is 4.79 Å². The summed E-state index contributed by atoms with van der Waals surface area (Å²) in [6.45, 7) is 5.45. The van der Waals surface area contributed by atoms with Crippen molar-refractivity contribution in [1.82, 2.24) is 9.80 Å². The van der Waals surface area contributed by atoms with Crippen LogP contribution >= 0.6 is 0 Å². The van der Waals surface area contributed by atoms with Crippen molar-refractivity contribution < 1.29 is 4.79 Å². The zero-order chi connectivity index (χ0) is 8.43. The van der Waals surface area contributed by atoms with Gasteiger partial charge in [-0.25, -0.2) is 4.79 Å². The Labute approximate surface area is 65.6 Å². The van der Waals surface area contributed by atoms with E-state index < -0.39 is 6.03 Å². The lowest BCUT2D eigenvalue weighted by atomic mass is 10.5. The van der Waals surface area contributed by atoms with E-state index in [1.54, 1.807) is 23.5 Å². The Morgan fingerprint density at radius 1 is 1.73 bits per heavy atom. The molecule has 60 valence electrons. The Kier molecular flexibility index (Phi) is 1.85. The highest BCUT2D eigenvalue weighted by Crippen LogP contribution is 2.14. The van der Waals surface area contributed by atoms with Crippen LogP contribution in [0.2, 0.25) is 0 Å². The Hall–Kier alpha value is -1.45. The number of primary amides is 1. The summed E-state index contributed by atoms with van der Waals surface area (Å²) >= 11 is 0. The monoisotopic (exact) mass is 153 g/mol. The molecule has 11 heavy (non-hydrogen) atoms. The lowest BCUT2D eigenvalue weighted by molar-refractivity contribution is 0.192. The molecule has 0 saturated heterocycles. The van der Waals surface area contributed by atoms with Crippen molar-refractivity contribution in [3.63, 3.8) is 0 Å². The van der Waals surface area contributed by atoms with Gasteiger partial charge in [-0.3, -0.25) is 4.90 Å². The van der Waals surface area contributed by atoms with Gasteiger partial charge in [0.1, 0.15) is 6.17 Å². The maximum Gasteiger partial charge on any atom is 0.320 e. The minimum Gasteiger partial charge on any atom is -0.351 e. The standard InChI is InChI=1S/C7H11N3O/c1-3-9-4-5-10(6(9)2)7(8)11/h3-6H,1H2,2H3,(H2,8,11). The molecule has 0 saturated carbocycles. The van der Waals surface area contributed by atoms with E-state index in [2.05, 4.69) is 6.58 Å². The summed E-state index contributed by atoms with van der Waals surface area (Å²) in [4.78, 5) is 13.9. The molecule has 1 atom stereocenters. The van der Waals surface area contributed by atoms with Crippen LogP contribution in [0, 0.1) is 0 Å². The van der Waals surface area contributed by atoms with Crippen molar-refractivity contribution in [2.45, 2.75) is 13.1 Å². The number of hydrogen-bond donors (Lipinski definition) is 1. The number of carbonyl (C=O) groups is 1. The number of hydrogen-bond acceptors (Lipinski definition) is 2. The molecule has 1 rings (SSSR count). The summed E-state index contributed by atoms with van der Waals surface area (Å²) in [5.41, 5.74) is 5.08. The third-order valence-electron chi connectivity index (χ3n) is 1.70. The summed E-state index contributed by atoms with van der Waals surface area (Å²) in [6, 6.07) is -0.446. The normalized spacial score (nSPS) is 22.5. The van der Waals surface area contributed by atoms with Gasteiger partial charge in [0.25, 0.3) is 0 Å². The van der Waals surface area contributed by atoms with Gasteiger partial charge < -0.3 is 10.6 Å². The van der Waals surface area contributed by atoms with E-state index in [-0.39, 0.29) is 6.17 Å². The van der Waals surface area contributed by atoms with Crippen molar-refractivity contribution in [1.29, 1.82) is 0 Å². The first-order chi connectivity index (χ1) is 5.16. The molecule has 0 aromatic rings. The van der Waals surface area contributed by atoms with E-state index >= 15 is 0 Å². The van der Waals surface area contributed by atoms with Gasteiger partial charge in [-0.05, 0) is 13.1 Å². The Bertz CT molecular complexity index is 212. The van der Waals surface area contributed by atoms with Crippen LogP contribution in [0.3, 0.4) is 0 Å². The molecule has 4 heteroatoms. The molecule has 1 aliphatic rings. The van der Waals surface area contributed by atoms with Crippen molar-refractivity contribution in [2.24, 2.45) is 5.73 Å². The topological polar surface area (TPSA) is 49.6 Å². The molecule has 0 aliphatic carbocycles. The lowest BCUT2D eigenvalue weighted by Crippen LogP contribution is -2.40. The highest BCUT2D eigenvalue weighted by Gasteiger charge is 2.22. The van der Waals surface area contributed by atoms with Gasteiger partial charge in [-0.1, -0.05) is 6.58 Å². The first-order valence-corrected chi connectivity index (χ1v) is 3.33. The van der Waals surface area contributed by atoms with Crippen molar-refractivity contribution >= 4 is 6.03 Å². The van der Waals surface area contributed by atoms with Gasteiger partial charge in [0.2, 0.25) is 0 Å². The molecule has 0 spiro atoms. The molecule has 1 unspecified atom stereocenters. The average molecular weight is 153 g/mol. The minimum absolute atomic E-state index is 0.0509. The predicted molar refractivity (Wildman–Crippen MR) is 42.1 cm³/mol. The molecule has 1 heterocycles. The predicted octanol–water partition coefficient (Wildman–Crippen LogP) is 0.643. The van der Waals surface area contributed by atoms with Gasteiger partial charge in [0, 0.05) is 12.4 Å². The summed E-state index contributed by atoms with van der Waals surface area (Å²) in [7, 11) is 0. The molecule has 2 N–H and O–H groups in total. The number of nitrogens with zero attached hydrogens (tertiary/aromatic N) is 2. The van der Waals surface area contributed by atoms with Crippen LogP contribution in [0.15, 0.2) is 25.2 Å². The van der Waals surface area contributed by atoms with Crippen molar-refractivity contribution in [3.05, 3.63) is 25.2 Å². The number of carbonyl (C=O) groups excluding carboxylic acids is 1. The third-order valence-corrected chi connectivity index (χ3v) is 1.70. The SMILES string of the molecule is C=CN1C=CN(C(N)=O)C1C. The maximum absolute atomic E-state index is 10.7. The van der Waals surface area contributed by atoms with Crippen LogP contribution in [0.25, 0.3) is 0 Å². The van der Waals surface area contributed by atoms with E-state index in [1.807, 2.05) is 6.92 Å². The zero-order valence-corrected chi connectivity index (χ0v) is 6.40. The Balaban J connectivity index is 2.70. The molecule has 2 amide bonds. The van der Waals surface area contributed by atoms with E-state index in [0.717, 1.165) is 0 Å². The van der Waals surface area contributed by atoms with E-state index in [0.29, 0.717) is 0 Å².